The third kappa shape index (κ3) is 2.71. The van der Waals surface area contributed by atoms with E-state index >= 15 is 0 Å². The number of aromatic nitrogens is 4. The number of rotatable bonds is 3. The van der Waals surface area contributed by atoms with Gasteiger partial charge in [0.25, 0.3) is 5.56 Å². The molecule has 0 bridgehead atoms. The van der Waals surface area contributed by atoms with Gasteiger partial charge in [-0.2, -0.15) is 4.79 Å². The van der Waals surface area contributed by atoms with Crippen molar-refractivity contribution in [2.24, 2.45) is 0 Å². The molecule has 1 aliphatic heterocycles. The van der Waals surface area contributed by atoms with Crippen LogP contribution < -0.4 is 15.9 Å². The fraction of sp³-hybridized carbons (Fsp3) is 0.312. The highest BCUT2D eigenvalue weighted by molar-refractivity contribution is 5.73. The van der Waals surface area contributed by atoms with Crippen molar-refractivity contribution in [3.8, 4) is 0 Å². The Morgan fingerprint density at radius 3 is 2.62 bits per heavy atom. The maximum atomic E-state index is 11.9. The van der Waals surface area contributed by atoms with Crippen LogP contribution in [0.2, 0.25) is 0 Å². The molecule has 8 heteroatoms. The molecular formula is C16H19N7O. The van der Waals surface area contributed by atoms with Crippen LogP contribution in [0, 0.1) is 0 Å². The highest BCUT2D eigenvalue weighted by Gasteiger charge is 2.14. The Labute approximate surface area is 138 Å². The van der Waals surface area contributed by atoms with Gasteiger partial charge in [0.05, 0.1) is 5.69 Å². The van der Waals surface area contributed by atoms with Crippen molar-refractivity contribution in [2.75, 3.05) is 43.6 Å². The largest absolute Gasteiger partial charge is 0.369 e. The highest BCUT2D eigenvalue weighted by Crippen LogP contribution is 2.19. The number of benzene rings is 1. The lowest BCUT2D eigenvalue weighted by atomic mass is 10.2. The zero-order valence-electron chi connectivity index (χ0n) is 13.4. The van der Waals surface area contributed by atoms with Gasteiger partial charge in [0.15, 0.2) is 5.65 Å². The molecular weight excluding hydrogens is 306 g/mol. The second-order valence-electron chi connectivity index (χ2n) is 5.99. The van der Waals surface area contributed by atoms with Gasteiger partial charge in [-0.25, -0.2) is 15.1 Å². The number of H-pyrrole nitrogens is 1. The van der Waals surface area contributed by atoms with E-state index in [1.807, 2.05) is 12.1 Å². The second-order valence-corrected chi connectivity index (χ2v) is 5.99. The summed E-state index contributed by atoms with van der Waals surface area (Å²) in [5.41, 5.74) is 5.54. The summed E-state index contributed by atoms with van der Waals surface area (Å²) in [6.07, 6.45) is 2.93. The quantitative estimate of drug-likeness (QED) is 0.739. The molecule has 3 heterocycles. The van der Waals surface area contributed by atoms with E-state index in [4.69, 9.17) is 0 Å². The molecule has 0 spiro atoms. The van der Waals surface area contributed by atoms with Gasteiger partial charge in [0, 0.05) is 38.1 Å². The number of hydrogen-bond acceptors (Lipinski definition) is 6. The molecule has 0 unspecified atom stereocenters. The van der Waals surface area contributed by atoms with Crippen LogP contribution in [0.15, 0.2) is 41.6 Å². The molecule has 3 aromatic rings. The average Bonchev–Trinajstić information content (AvgIpc) is 2.93. The predicted octanol–water partition coefficient (Wildman–Crippen LogP) is 0.747. The molecule has 1 aliphatic rings. The summed E-state index contributed by atoms with van der Waals surface area (Å²) in [5.74, 6) is 0. The van der Waals surface area contributed by atoms with Gasteiger partial charge in [0.1, 0.15) is 11.7 Å². The van der Waals surface area contributed by atoms with Crippen molar-refractivity contribution in [1.29, 1.82) is 0 Å². The first-order chi connectivity index (χ1) is 11.7. The van der Waals surface area contributed by atoms with Crippen LogP contribution in [0.5, 0.6) is 0 Å². The Bertz CT molecular complexity index is 891. The third-order valence-electron chi connectivity index (χ3n) is 4.34. The smallest absolute Gasteiger partial charge is 0.276 e. The Morgan fingerprint density at radius 2 is 1.88 bits per heavy atom. The normalized spacial score (nSPS) is 15.8. The van der Waals surface area contributed by atoms with Crippen molar-refractivity contribution in [3.63, 3.8) is 0 Å². The lowest BCUT2D eigenvalue weighted by Gasteiger charge is -2.34. The van der Waals surface area contributed by atoms with E-state index < -0.39 is 0 Å². The molecule has 1 saturated heterocycles. The lowest BCUT2D eigenvalue weighted by molar-refractivity contribution is 0.313. The summed E-state index contributed by atoms with van der Waals surface area (Å²) in [7, 11) is 2.15. The summed E-state index contributed by atoms with van der Waals surface area (Å²) in [4.78, 5) is 26.1. The number of piperazine rings is 1. The number of aromatic amines is 1. The van der Waals surface area contributed by atoms with Gasteiger partial charge in [-0.15, -0.1) is 0 Å². The SMILES string of the molecule is CN1CCN(c2ccc(Nn3[nH]c(=O)c4cncnc43)cc2)CC1. The second kappa shape index (κ2) is 5.97. The van der Waals surface area contributed by atoms with Crippen LogP contribution in [0.25, 0.3) is 11.0 Å². The Morgan fingerprint density at radius 1 is 1.12 bits per heavy atom. The molecule has 2 N–H and O–H groups in total. The number of hydrogen-bond donors (Lipinski definition) is 2. The number of anilines is 2. The van der Waals surface area contributed by atoms with Crippen LogP contribution >= 0.6 is 0 Å². The molecule has 0 atom stereocenters. The van der Waals surface area contributed by atoms with Crippen LogP contribution in [0.3, 0.4) is 0 Å². The van der Waals surface area contributed by atoms with E-state index in [-0.39, 0.29) is 5.56 Å². The minimum Gasteiger partial charge on any atom is -0.369 e. The first-order valence-electron chi connectivity index (χ1n) is 7.92. The van der Waals surface area contributed by atoms with Crippen LogP contribution in [0.1, 0.15) is 0 Å². The minimum atomic E-state index is -0.216. The summed E-state index contributed by atoms with van der Waals surface area (Å²) in [6, 6.07) is 8.18. The Kier molecular flexibility index (Phi) is 3.66. The van der Waals surface area contributed by atoms with Crippen molar-refractivity contribution in [2.45, 2.75) is 0 Å². The molecule has 0 radical (unpaired) electrons. The van der Waals surface area contributed by atoms with E-state index in [1.54, 1.807) is 0 Å². The number of likely N-dealkylation sites (N-methyl/N-ethyl adjacent to an activating group) is 1. The average molecular weight is 325 g/mol. The maximum absolute atomic E-state index is 11.9. The molecule has 0 saturated carbocycles. The van der Waals surface area contributed by atoms with E-state index in [9.17, 15) is 4.79 Å². The summed E-state index contributed by atoms with van der Waals surface area (Å²) >= 11 is 0. The Balaban J connectivity index is 1.54. The fourth-order valence-electron chi connectivity index (χ4n) is 2.90. The first-order valence-corrected chi connectivity index (χ1v) is 7.92. The van der Waals surface area contributed by atoms with Gasteiger partial charge in [-0.1, -0.05) is 0 Å². The van der Waals surface area contributed by atoms with Gasteiger partial charge >= 0.3 is 0 Å². The van der Waals surface area contributed by atoms with Crippen LogP contribution in [-0.2, 0) is 0 Å². The molecule has 8 nitrogen and oxygen atoms in total. The molecule has 4 rings (SSSR count). The minimum absolute atomic E-state index is 0.216. The topological polar surface area (TPSA) is 82.1 Å². The van der Waals surface area contributed by atoms with Crippen LogP contribution in [-0.4, -0.2) is 58.0 Å². The van der Waals surface area contributed by atoms with Crippen molar-refractivity contribution in [1.82, 2.24) is 24.8 Å². The molecule has 24 heavy (non-hydrogen) atoms. The maximum Gasteiger partial charge on any atom is 0.276 e. The van der Waals surface area contributed by atoms with Crippen LogP contribution in [0.4, 0.5) is 11.4 Å². The third-order valence-corrected chi connectivity index (χ3v) is 4.34. The Hall–Kier alpha value is -2.87. The van der Waals surface area contributed by atoms with Gasteiger partial charge in [0.2, 0.25) is 0 Å². The molecule has 1 fully saturated rings. The molecule has 2 aromatic heterocycles. The van der Waals surface area contributed by atoms with Crippen molar-refractivity contribution in [3.05, 3.63) is 47.1 Å². The van der Waals surface area contributed by atoms with Gasteiger partial charge in [-0.3, -0.25) is 10.2 Å². The zero-order valence-corrected chi connectivity index (χ0v) is 13.4. The highest BCUT2D eigenvalue weighted by atomic mass is 16.1. The van der Waals surface area contributed by atoms with Gasteiger partial charge in [-0.05, 0) is 31.3 Å². The monoisotopic (exact) mass is 325 g/mol. The zero-order chi connectivity index (χ0) is 16.5. The number of nitrogens with one attached hydrogen (secondary N) is 2. The molecule has 0 amide bonds. The standard InChI is InChI=1S/C16H19N7O/c1-21-6-8-22(9-7-21)13-4-2-12(3-5-13)19-23-15-14(16(24)20-23)10-17-11-18-15/h2-5,10-11,19H,6-9H2,1H3,(H,20,24). The first kappa shape index (κ1) is 14.7. The predicted molar refractivity (Wildman–Crippen MR) is 93.3 cm³/mol. The summed E-state index contributed by atoms with van der Waals surface area (Å²) in [5, 5.41) is 3.17. The fourth-order valence-corrected chi connectivity index (χ4v) is 2.90. The van der Waals surface area contributed by atoms with E-state index in [1.165, 1.54) is 23.0 Å². The van der Waals surface area contributed by atoms with E-state index in [0.717, 1.165) is 31.9 Å². The number of nitrogens with zero attached hydrogens (tertiary/aromatic N) is 5. The van der Waals surface area contributed by atoms with E-state index in [0.29, 0.717) is 11.0 Å². The number of fused-ring (bicyclic) bond motifs is 1. The van der Waals surface area contributed by atoms with E-state index in [2.05, 4.69) is 49.5 Å². The summed E-state index contributed by atoms with van der Waals surface area (Å²) < 4.78 is 0. The molecule has 124 valence electrons. The summed E-state index contributed by atoms with van der Waals surface area (Å²) in [6.45, 7) is 4.23. The van der Waals surface area contributed by atoms with Crippen molar-refractivity contribution >= 4 is 22.4 Å². The molecule has 1 aromatic carbocycles. The lowest BCUT2D eigenvalue weighted by Crippen LogP contribution is -2.44. The van der Waals surface area contributed by atoms with Crippen molar-refractivity contribution < 1.29 is 0 Å². The van der Waals surface area contributed by atoms with Gasteiger partial charge < -0.3 is 9.80 Å². The molecule has 0 aliphatic carbocycles.